The number of carbonyl (C=O) groups is 2. The molecule has 132 valence electrons. The number of ether oxygens (including phenoxy) is 2. The maximum atomic E-state index is 12.5. The standard InChI is InChI=1S/C16H22N2O6/c1-10(2)13(14(19)23-5)17-15(20)16(3,4)24-12-9-7-6-8-11(12)18(21)22/h6-10,13H,1-5H3,(H,17,20)/t13-/m0/s1. The van der Waals surface area contributed by atoms with Crippen LogP contribution in [0.2, 0.25) is 0 Å². The van der Waals surface area contributed by atoms with Crippen molar-refractivity contribution in [1.29, 1.82) is 0 Å². The minimum atomic E-state index is -1.42. The van der Waals surface area contributed by atoms with Crippen molar-refractivity contribution < 1.29 is 24.0 Å². The highest BCUT2D eigenvalue weighted by molar-refractivity contribution is 5.89. The van der Waals surface area contributed by atoms with Crippen molar-refractivity contribution in [2.24, 2.45) is 5.92 Å². The number of nitro groups is 1. The summed E-state index contributed by atoms with van der Waals surface area (Å²) in [5.41, 5.74) is -1.67. The fourth-order valence-corrected chi connectivity index (χ4v) is 1.96. The molecule has 0 aromatic heterocycles. The number of carbonyl (C=O) groups excluding carboxylic acids is 2. The number of rotatable bonds is 7. The number of nitrogens with zero attached hydrogens (tertiary/aromatic N) is 1. The van der Waals surface area contributed by atoms with Crippen molar-refractivity contribution in [3.8, 4) is 5.75 Å². The number of para-hydroxylation sites is 2. The smallest absolute Gasteiger partial charge is 0.328 e. The molecule has 8 nitrogen and oxygen atoms in total. The molecule has 1 N–H and O–H groups in total. The molecule has 1 amide bonds. The molecular weight excluding hydrogens is 316 g/mol. The predicted octanol–water partition coefficient (Wildman–Crippen LogP) is 2.07. The van der Waals surface area contributed by atoms with E-state index >= 15 is 0 Å². The Bertz CT molecular complexity index is 627. The van der Waals surface area contributed by atoms with Crippen molar-refractivity contribution in [3.63, 3.8) is 0 Å². The van der Waals surface area contributed by atoms with Crippen LogP contribution in [0.3, 0.4) is 0 Å². The molecule has 0 saturated carbocycles. The summed E-state index contributed by atoms with van der Waals surface area (Å²) in [4.78, 5) is 34.7. The van der Waals surface area contributed by atoms with Gasteiger partial charge in [0.1, 0.15) is 6.04 Å². The second-order valence-electron chi connectivity index (χ2n) is 6.06. The largest absolute Gasteiger partial charge is 0.471 e. The summed E-state index contributed by atoms with van der Waals surface area (Å²) in [5, 5.41) is 13.6. The van der Waals surface area contributed by atoms with Gasteiger partial charge in [0.2, 0.25) is 0 Å². The van der Waals surface area contributed by atoms with Crippen LogP contribution < -0.4 is 10.1 Å². The van der Waals surface area contributed by atoms with Crippen molar-refractivity contribution in [2.45, 2.75) is 39.3 Å². The molecule has 1 atom stereocenters. The molecule has 1 aromatic rings. The molecular formula is C16H22N2O6. The Morgan fingerprint density at radius 3 is 2.33 bits per heavy atom. The zero-order chi connectivity index (χ0) is 18.5. The Hall–Kier alpha value is -2.64. The van der Waals surface area contributed by atoms with Crippen molar-refractivity contribution in [3.05, 3.63) is 34.4 Å². The highest BCUT2D eigenvalue weighted by Gasteiger charge is 2.36. The minimum Gasteiger partial charge on any atom is -0.471 e. The summed E-state index contributed by atoms with van der Waals surface area (Å²) < 4.78 is 10.2. The highest BCUT2D eigenvalue weighted by Crippen LogP contribution is 2.29. The van der Waals surface area contributed by atoms with E-state index in [-0.39, 0.29) is 17.4 Å². The maximum Gasteiger partial charge on any atom is 0.328 e. The molecule has 0 saturated heterocycles. The van der Waals surface area contributed by atoms with E-state index in [1.165, 1.54) is 39.2 Å². The average Bonchev–Trinajstić information content (AvgIpc) is 2.51. The second-order valence-corrected chi connectivity index (χ2v) is 6.06. The van der Waals surface area contributed by atoms with Gasteiger partial charge < -0.3 is 14.8 Å². The van der Waals surface area contributed by atoms with Gasteiger partial charge in [-0.25, -0.2) is 4.79 Å². The Kier molecular flexibility index (Phi) is 6.27. The Morgan fingerprint density at radius 1 is 1.25 bits per heavy atom. The lowest BCUT2D eigenvalue weighted by atomic mass is 10.0. The van der Waals surface area contributed by atoms with E-state index in [1.807, 2.05) is 0 Å². The summed E-state index contributed by atoms with van der Waals surface area (Å²) >= 11 is 0. The molecule has 0 unspecified atom stereocenters. The van der Waals surface area contributed by atoms with Gasteiger partial charge in [-0.15, -0.1) is 0 Å². The molecule has 0 fully saturated rings. The number of hydrogen-bond donors (Lipinski definition) is 1. The van der Waals surface area contributed by atoms with Crippen LogP contribution in [-0.2, 0) is 14.3 Å². The van der Waals surface area contributed by atoms with Gasteiger partial charge >= 0.3 is 11.7 Å². The van der Waals surface area contributed by atoms with Crippen LogP contribution in [0.5, 0.6) is 5.75 Å². The van der Waals surface area contributed by atoms with Crippen LogP contribution in [0.4, 0.5) is 5.69 Å². The number of hydrogen-bond acceptors (Lipinski definition) is 6. The molecule has 0 spiro atoms. The van der Waals surface area contributed by atoms with Crippen LogP contribution >= 0.6 is 0 Å². The van der Waals surface area contributed by atoms with E-state index in [9.17, 15) is 19.7 Å². The Balaban J connectivity index is 2.97. The molecule has 1 rings (SSSR count). The first-order valence-electron chi connectivity index (χ1n) is 7.41. The van der Waals surface area contributed by atoms with Gasteiger partial charge in [0, 0.05) is 6.07 Å². The van der Waals surface area contributed by atoms with Gasteiger partial charge in [-0.3, -0.25) is 14.9 Å². The van der Waals surface area contributed by atoms with Gasteiger partial charge in [0.05, 0.1) is 12.0 Å². The van der Waals surface area contributed by atoms with Gasteiger partial charge in [0.15, 0.2) is 11.4 Å². The molecule has 1 aromatic carbocycles. The van der Waals surface area contributed by atoms with Gasteiger partial charge in [-0.05, 0) is 25.8 Å². The van der Waals surface area contributed by atoms with Crippen LogP contribution in [0.15, 0.2) is 24.3 Å². The lowest BCUT2D eigenvalue weighted by Gasteiger charge is -2.28. The Morgan fingerprint density at radius 2 is 1.83 bits per heavy atom. The van der Waals surface area contributed by atoms with E-state index in [2.05, 4.69) is 10.1 Å². The summed E-state index contributed by atoms with van der Waals surface area (Å²) in [6, 6.07) is 4.93. The van der Waals surface area contributed by atoms with Crippen molar-refractivity contribution in [2.75, 3.05) is 7.11 Å². The Labute approximate surface area is 140 Å². The van der Waals surface area contributed by atoms with E-state index in [1.54, 1.807) is 19.9 Å². The second kappa shape index (κ2) is 7.76. The molecule has 24 heavy (non-hydrogen) atoms. The van der Waals surface area contributed by atoms with E-state index in [4.69, 9.17) is 4.74 Å². The van der Waals surface area contributed by atoms with Gasteiger partial charge in [0.25, 0.3) is 5.91 Å². The molecule has 0 aliphatic carbocycles. The van der Waals surface area contributed by atoms with Crippen molar-refractivity contribution >= 4 is 17.6 Å². The highest BCUT2D eigenvalue weighted by atomic mass is 16.6. The first-order chi connectivity index (χ1) is 11.1. The molecule has 0 aliphatic heterocycles. The van der Waals surface area contributed by atoms with E-state index in [0.29, 0.717) is 0 Å². The van der Waals surface area contributed by atoms with Crippen LogP contribution in [0.1, 0.15) is 27.7 Å². The lowest BCUT2D eigenvalue weighted by molar-refractivity contribution is -0.386. The molecule has 8 heteroatoms. The lowest BCUT2D eigenvalue weighted by Crippen LogP contribution is -2.54. The molecule has 0 aliphatic rings. The van der Waals surface area contributed by atoms with Crippen LogP contribution in [0, 0.1) is 16.0 Å². The topological polar surface area (TPSA) is 108 Å². The number of methoxy groups -OCH3 is 1. The quantitative estimate of drug-likeness (QED) is 0.463. The third-order valence-electron chi connectivity index (χ3n) is 3.38. The predicted molar refractivity (Wildman–Crippen MR) is 86.6 cm³/mol. The zero-order valence-electron chi connectivity index (χ0n) is 14.4. The summed E-state index contributed by atoms with van der Waals surface area (Å²) in [6.45, 7) is 6.46. The normalized spacial score (nSPS) is 12.4. The third-order valence-corrected chi connectivity index (χ3v) is 3.38. The SMILES string of the molecule is COC(=O)[C@@H](NC(=O)C(C)(C)Oc1ccccc1[N+](=O)[O-])C(C)C. The van der Waals surface area contributed by atoms with E-state index < -0.39 is 28.4 Å². The number of nitrogens with one attached hydrogen (secondary N) is 1. The van der Waals surface area contributed by atoms with Crippen LogP contribution in [-0.4, -0.2) is 35.6 Å². The summed E-state index contributed by atoms with van der Waals surface area (Å²) in [7, 11) is 1.23. The first-order valence-corrected chi connectivity index (χ1v) is 7.41. The summed E-state index contributed by atoms with van der Waals surface area (Å²) in [5.74, 6) is -1.37. The number of esters is 1. The molecule has 0 radical (unpaired) electrons. The maximum absolute atomic E-state index is 12.5. The first kappa shape index (κ1) is 19.4. The monoisotopic (exact) mass is 338 g/mol. The summed E-state index contributed by atoms with van der Waals surface area (Å²) in [6.07, 6.45) is 0. The molecule has 0 heterocycles. The van der Waals surface area contributed by atoms with Crippen LogP contribution in [0.25, 0.3) is 0 Å². The minimum absolute atomic E-state index is 0.0261. The zero-order valence-corrected chi connectivity index (χ0v) is 14.4. The fourth-order valence-electron chi connectivity index (χ4n) is 1.96. The fraction of sp³-hybridized carbons (Fsp3) is 0.500. The molecule has 0 bridgehead atoms. The number of benzene rings is 1. The third kappa shape index (κ3) is 4.68. The van der Waals surface area contributed by atoms with Gasteiger partial charge in [-0.1, -0.05) is 26.0 Å². The average molecular weight is 338 g/mol. The van der Waals surface area contributed by atoms with E-state index in [0.717, 1.165) is 0 Å². The number of amides is 1. The van der Waals surface area contributed by atoms with Crippen molar-refractivity contribution in [1.82, 2.24) is 5.32 Å². The number of nitro benzene ring substituents is 1. The van der Waals surface area contributed by atoms with Gasteiger partial charge in [-0.2, -0.15) is 0 Å².